The largest absolute Gasteiger partial charge is 0.365 e. The average molecular weight is 383 g/mol. The third kappa shape index (κ3) is 4.22. The molecule has 0 aromatic carbocycles. The molecule has 1 aromatic heterocycles. The second kappa shape index (κ2) is 7.29. The van der Waals surface area contributed by atoms with Crippen LogP contribution in [0.1, 0.15) is 43.5 Å². The van der Waals surface area contributed by atoms with Gasteiger partial charge in [-0.05, 0) is 67.1 Å². The van der Waals surface area contributed by atoms with Gasteiger partial charge in [0.05, 0.1) is 5.56 Å². The number of aromatic nitrogens is 1. The highest BCUT2D eigenvalue weighted by molar-refractivity contribution is 9.10. The number of nitrogens with one attached hydrogen (secondary N) is 1. The van der Waals surface area contributed by atoms with E-state index in [2.05, 4.69) is 45.0 Å². The Bertz CT molecular complexity index is 591. The van der Waals surface area contributed by atoms with E-state index >= 15 is 0 Å². The standard InChI is InChI=1S/C16H23BrN4O2/c1-16(2)8-11(4-3-7-19-10-22)9-21(16)15-12(14(18)23)5-6-13(17)20-15/h5-6,10-11H,3-4,7-9H2,1-2H3,(H2,18,23)(H,19,22)/t11-/m0/s1. The molecular formula is C16H23BrN4O2. The van der Waals surface area contributed by atoms with Crippen LogP contribution in [-0.2, 0) is 4.79 Å². The van der Waals surface area contributed by atoms with E-state index in [1.54, 1.807) is 12.1 Å². The summed E-state index contributed by atoms with van der Waals surface area (Å²) in [6, 6.07) is 3.45. The number of hydrogen-bond donors (Lipinski definition) is 2. The smallest absolute Gasteiger partial charge is 0.252 e. The minimum absolute atomic E-state index is 0.0965. The van der Waals surface area contributed by atoms with E-state index < -0.39 is 5.91 Å². The maximum atomic E-state index is 11.7. The van der Waals surface area contributed by atoms with Gasteiger partial charge in [0.15, 0.2) is 0 Å². The molecule has 7 heteroatoms. The first-order chi connectivity index (χ1) is 10.8. The summed E-state index contributed by atoms with van der Waals surface area (Å²) in [5, 5.41) is 2.69. The van der Waals surface area contributed by atoms with Crippen molar-refractivity contribution in [2.75, 3.05) is 18.0 Å². The molecule has 1 aliphatic rings. The number of rotatable bonds is 7. The highest BCUT2D eigenvalue weighted by Gasteiger charge is 2.40. The maximum absolute atomic E-state index is 11.7. The molecule has 3 N–H and O–H groups in total. The van der Waals surface area contributed by atoms with E-state index in [4.69, 9.17) is 5.73 Å². The topological polar surface area (TPSA) is 88.3 Å². The quantitative estimate of drug-likeness (QED) is 0.429. The summed E-state index contributed by atoms with van der Waals surface area (Å²) in [6.45, 7) is 5.84. The summed E-state index contributed by atoms with van der Waals surface area (Å²) in [5.41, 5.74) is 5.86. The normalized spacial score (nSPS) is 19.6. The van der Waals surface area contributed by atoms with E-state index in [-0.39, 0.29) is 5.54 Å². The molecule has 0 unspecified atom stereocenters. The number of nitrogens with two attached hydrogens (primary N) is 1. The van der Waals surface area contributed by atoms with Gasteiger partial charge in [-0.2, -0.15) is 0 Å². The highest BCUT2D eigenvalue weighted by Crippen LogP contribution is 2.39. The number of carbonyl (C=O) groups excluding carboxylic acids is 2. The fourth-order valence-corrected chi connectivity index (χ4v) is 3.63. The molecule has 1 saturated heterocycles. The summed E-state index contributed by atoms with van der Waals surface area (Å²) in [7, 11) is 0. The Morgan fingerprint density at radius 1 is 1.57 bits per heavy atom. The lowest BCUT2D eigenvalue weighted by Gasteiger charge is -2.33. The van der Waals surface area contributed by atoms with Crippen molar-refractivity contribution in [3.8, 4) is 0 Å². The minimum Gasteiger partial charge on any atom is -0.365 e. The van der Waals surface area contributed by atoms with Crippen molar-refractivity contribution >= 4 is 34.1 Å². The van der Waals surface area contributed by atoms with Crippen LogP contribution in [0.2, 0.25) is 0 Å². The summed E-state index contributed by atoms with van der Waals surface area (Å²) in [5.74, 6) is 0.680. The molecule has 1 fully saturated rings. The van der Waals surface area contributed by atoms with Crippen LogP contribution >= 0.6 is 15.9 Å². The Labute approximate surface area is 144 Å². The van der Waals surface area contributed by atoms with Gasteiger partial charge in [-0.25, -0.2) is 4.98 Å². The van der Waals surface area contributed by atoms with Gasteiger partial charge < -0.3 is 16.0 Å². The molecule has 2 rings (SSSR count). The number of halogens is 1. The molecule has 0 saturated carbocycles. The number of anilines is 1. The molecule has 126 valence electrons. The average Bonchev–Trinajstić information content (AvgIpc) is 2.78. The molecule has 1 atom stereocenters. The second-order valence-electron chi connectivity index (χ2n) is 6.58. The molecule has 2 heterocycles. The number of nitrogens with zero attached hydrogens (tertiary/aromatic N) is 2. The fourth-order valence-electron chi connectivity index (χ4n) is 3.33. The van der Waals surface area contributed by atoms with Crippen LogP contribution in [0.3, 0.4) is 0 Å². The predicted octanol–water partition coefficient (Wildman–Crippen LogP) is 2.07. The summed E-state index contributed by atoms with van der Waals surface area (Å²) >= 11 is 3.37. The van der Waals surface area contributed by atoms with E-state index in [1.165, 1.54) is 0 Å². The minimum atomic E-state index is -0.463. The predicted molar refractivity (Wildman–Crippen MR) is 93.3 cm³/mol. The lowest BCUT2D eigenvalue weighted by Crippen LogP contribution is -2.40. The Morgan fingerprint density at radius 3 is 2.96 bits per heavy atom. The highest BCUT2D eigenvalue weighted by atomic mass is 79.9. The van der Waals surface area contributed by atoms with Gasteiger partial charge in [-0.15, -0.1) is 0 Å². The van der Waals surface area contributed by atoms with Gasteiger partial charge in [0.25, 0.3) is 5.91 Å². The molecule has 0 radical (unpaired) electrons. The third-order valence-corrected chi connectivity index (χ3v) is 4.78. The number of primary amides is 1. The van der Waals surface area contributed by atoms with Crippen molar-refractivity contribution < 1.29 is 9.59 Å². The van der Waals surface area contributed by atoms with Crippen LogP contribution in [-0.4, -0.2) is 35.9 Å². The van der Waals surface area contributed by atoms with Gasteiger partial charge in [-0.1, -0.05) is 0 Å². The number of amides is 2. The third-order valence-electron chi connectivity index (χ3n) is 4.34. The monoisotopic (exact) mass is 382 g/mol. The summed E-state index contributed by atoms with van der Waals surface area (Å²) < 4.78 is 0.687. The molecule has 0 spiro atoms. The van der Waals surface area contributed by atoms with Crippen molar-refractivity contribution in [3.05, 3.63) is 22.3 Å². The lowest BCUT2D eigenvalue weighted by atomic mass is 9.93. The zero-order valence-corrected chi connectivity index (χ0v) is 15.1. The van der Waals surface area contributed by atoms with Gasteiger partial charge in [0, 0.05) is 18.6 Å². The van der Waals surface area contributed by atoms with Crippen LogP contribution in [0, 0.1) is 5.92 Å². The first-order valence-corrected chi connectivity index (χ1v) is 8.55. The maximum Gasteiger partial charge on any atom is 0.252 e. The summed E-state index contributed by atoms with van der Waals surface area (Å²) in [6.07, 6.45) is 3.72. The van der Waals surface area contributed by atoms with E-state index in [0.29, 0.717) is 28.4 Å². The molecule has 23 heavy (non-hydrogen) atoms. The SMILES string of the molecule is CC1(C)C[C@H](CCCNC=O)CN1c1nc(Br)ccc1C(N)=O. The fraction of sp³-hybridized carbons (Fsp3) is 0.562. The van der Waals surface area contributed by atoms with Crippen molar-refractivity contribution in [1.82, 2.24) is 10.3 Å². The van der Waals surface area contributed by atoms with Gasteiger partial charge in [-0.3, -0.25) is 9.59 Å². The van der Waals surface area contributed by atoms with Crippen LogP contribution in [0.5, 0.6) is 0 Å². The van der Waals surface area contributed by atoms with E-state index in [1.807, 2.05) is 0 Å². The number of hydrogen-bond acceptors (Lipinski definition) is 4. The molecular weight excluding hydrogens is 360 g/mol. The van der Waals surface area contributed by atoms with Crippen LogP contribution in [0.4, 0.5) is 5.82 Å². The van der Waals surface area contributed by atoms with Crippen molar-refractivity contribution in [1.29, 1.82) is 0 Å². The molecule has 6 nitrogen and oxygen atoms in total. The Balaban J connectivity index is 2.17. The Kier molecular flexibility index (Phi) is 5.62. The number of carbonyl (C=O) groups is 2. The zero-order valence-electron chi connectivity index (χ0n) is 13.5. The van der Waals surface area contributed by atoms with E-state index in [9.17, 15) is 9.59 Å². The first-order valence-electron chi connectivity index (χ1n) is 7.76. The van der Waals surface area contributed by atoms with Crippen molar-refractivity contribution in [2.24, 2.45) is 11.7 Å². The molecule has 0 aliphatic carbocycles. The van der Waals surface area contributed by atoms with E-state index in [0.717, 1.165) is 32.2 Å². The Morgan fingerprint density at radius 2 is 2.30 bits per heavy atom. The number of pyridine rings is 1. The van der Waals surface area contributed by atoms with Crippen LogP contribution < -0.4 is 16.0 Å². The Hall–Kier alpha value is -1.63. The van der Waals surface area contributed by atoms with Gasteiger partial charge in [0.1, 0.15) is 10.4 Å². The molecule has 0 bridgehead atoms. The van der Waals surface area contributed by atoms with Crippen LogP contribution in [0.15, 0.2) is 16.7 Å². The lowest BCUT2D eigenvalue weighted by molar-refractivity contribution is -0.109. The zero-order chi connectivity index (χ0) is 17.0. The van der Waals surface area contributed by atoms with Crippen molar-refractivity contribution in [3.63, 3.8) is 0 Å². The van der Waals surface area contributed by atoms with Crippen molar-refractivity contribution in [2.45, 2.75) is 38.6 Å². The van der Waals surface area contributed by atoms with Gasteiger partial charge in [0.2, 0.25) is 6.41 Å². The first kappa shape index (κ1) is 17.7. The van der Waals surface area contributed by atoms with Crippen LogP contribution in [0.25, 0.3) is 0 Å². The van der Waals surface area contributed by atoms with Gasteiger partial charge >= 0.3 is 0 Å². The molecule has 1 aliphatic heterocycles. The summed E-state index contributed by atoms with van der Waals surface area (Å²) in [4.78, 5) is 28.7. The molecule has 1 aromatic rings. The second-order valence-corrected chi connectivity index (χ2v) is 7.39. The molecule has 2 amide bonds.